The van der Waals surface area contributed by atoms with E-state index in [0.717, 1.165) is 23.5 Å². The Bertz CT molecular complexity index is 744. The van der Waals surface area contributed by atoms with Gasteiger partial charge in [-0.05, 0) is 19.1 Å². The lowest BCUT2D eigenvalue weighted by molar-refractivity contribution is -0.142. The molecule has 5 nitrogen and oxygen atoms in total. The molecule has 1 N–H and O–H groups in total. The molecule has 0 fully saturated rings. The average molecular weight is 358 g/mol. The number of rotatable bonds is 5. The molecule has 0 spiro atoms. The van der Waals surface area contributed by atoms with Crippen molar-refractivity contribution >= 4 is 28.3 Å². The number of hydrogen-bond donors (Lipinski definition) is 1. The van der Waals surface area contributed by atoms with Crippen LogP contribution in [0.3, 0.4) is 0 Å². The molecular formula is C15H13F3N2O3S. The Kier molecular flexibility index (Phi) is 5.55. The Morgan fingerprint density at radius 3 is 2.67 bits per heavy atom. The molecule has 1 amide bonds. The minimum atomic E-state index is -4.63. The Hall–Kier alpha value is -2.42. The molecule has 1 heterocycles. The van der Waals surface area contributed by atoms with Gasteiger partial charge in [-0.25, -0.2) is 4.98 Å². The standard InChI is InChI=1S/C15H13F3N2O3S/c1-2-23-12(21)7-9-8-24-14(19-9)20-13(22)10-5-3-4-6-11(10)15(16,17)18/h3-6,8H,2,7H2,1H3,(H,19,20,22). The summed E-state index contributed by atoms with van der Waals surface area (Å²) in [4.78, 5) is 27.4. The van der Waals surface area contributed by atoms with Crippen LogP contribution in [0.1, 0.15) is 28.5 Å². The van der Waals surface area contributed by atoms with Gasteiger partial charge in [0.05, 0.1) is 29.8 Å². The number of halogens is 3. The van der Waals surface area contributed by atoms with Gasteiger partial charge in [0.15, 0.2) is 5.13 Å². The van der Waals surface area contributed by atoms with Gasteiger partial charge < -0.3 is 4.74 Å². The maximum Gasteiger partial charge on any atom is 0.417 e. The number of esters is 1. The van der Waals surface area contributed by atoms with Crippen LogP contribution in [0, 0.1) is 0 Å². The van der Waals surface area contributed by atoms with E-state index in [1.807, 2.05) is 0 Å². The highest BCUT2D eigenvalue weighted by Gasteiger charge is 2.34. The zero-order valence-electron chi connectivity index (χ0n) is 12.5. The summed E-state index contributed by atoms with van der Waals surface area (Å²) in [7, 11) is 0. The summed E-state index contributed by atoms with van der Waals surface area (Å²) in [6, 6.07) is 4.48. The third-order valence-electron chi connectivity index (χ3n) is 2.88. The van der Waals surface area contributed by atoms with Crippen LogP contribution in [0.5, 0.6) is 0 Å². The second-order valence-corrected chi connectivity index (χ2v) is 5.48. The molecule has 1 aromatic carbocycles. The number of alkyl halides is 3. The lowest BCUT2D eigenvalue weighted by atomic mass is 10.1. The van der Waals surface area contributed by atoms with Gasteiger partial charge in [0.25, 0.3) is 5.91 Å². The predicted molar refractivity (Wildman–Crippen MR) is 81.8 cm³/mol. The number of amides is 1. The Morgan fingerprint density at radius 1 is 1.29 bits per heavy atom. The summed E-state index contributed by atoms with van der Waals surface area (Å²) in [5, 5.41) is 3.95. The summed E-state index contributed by atoms with van der Waals surface area (Å²) in [5.74, 6) is -1.39. The highest BCUT2D eigenvalue weighted by Crippen LogP contribution is 2.32. The fourth-order valence-electron chi connectivity index (χ4n) is 1.90. The van der Waals surface area contributed by atoms with Gasteiger partial charge in [-0.15, -0.1) is 11.3 Å². The smallest absolute Gasteiger partial charge is 0.417 e. The maximum absolute atomic E-state index is 12.9. The molecule has 0 aliphatic carbocycles. The number of anilines is 1. The first-order chi connectivity index (χ1) is 11.3. The molecule has 2 rings (SSSR count). The molecule has 0 aliphatic rings. The molecule has 0 bridgehead atoms. The highest BCUT2D eigenvalue weighted by atomic mass is 32.1. The van der Waals surface area contributed by atoms with Gasteiger partial charge in [0.2, 0.25) is 0 Å². The van der Waals surface area contributed by atoms with E-state index in [9.17, 15) is 22.8 Å². The lowest BCUT2D eigenvalue weighted by Crippen LogP contribution is -2.18. The average Bonchev–Trinajstić information content (AvgIpc) is 2.93. The molecule has 0 atom stereocenters. The van der Waals surface area contributed by atoms with E-state index in [-0.39, 0.29) is 18.2 Å². The van der Waals surface area contributed by atoms with Crippen molar-refractivity contribution in [2.75, 3.05) is 11.9 Å². The molecule has 9 heteroatoms. The number of aromatic nitrogens is 1. The number of thiazole rings is 1. The third kappa shape index (κ3) is 4.54. The highest BCUT2D eigenvalue weighted by molar-refractivity contribution is 7.14. The zero-order chi connectivity index (χ0) is 17.7. The van der Waals surface area contributed by atoms with Gasteiger partial charge in [-0.3, -0.25) is 14.9 Å². The quantitative estimate of drug-likeness (QED) is 0.831. The number of carbonyl (C=O) groups is 2. The maximum atomic E-state index is 12.9. The summed E-state index contributed by atoms with van der Waals surface area (Å²) in [6.45, 7) is 1.91. The number of nitrogens with zero attached hydrogens (tertiary/aromatic N) is 1. The number of hydrogen-bond acceptors (Lipinski definition) is 5. The summed E-state index contributed by atoms with van der Waals surface area (Å²) in [5.41, 5.74) is -1.14. The van der Waals surface area contributed by atoms with Gasteiger partial charge in [0.1, 0.15) is 0 Å². The van der Waals surface area contributed by atoms with E-state index in [0.29, 0.717) is 5.69 Å². The number of nitrogens with one attached hydrogen (secondary N) is 1. The number of ether oxygens (including phenoxy) is 1. The van der Waals surface area contributed by atoms with Crippen molar-refractivity contribution in [3.8, 4) is 0 Å². The summed E-state index contributed by atoms with van der Waals surface area (Å²) >= 11 is 1.01. The van der Waals surface area contributed by atoms with Gasteiger partial charge >= 0.3 is 12.1 Å². The van der Waals surface area contributed by atoms with Gasteiger partial charge in [-0.1, -0.05) is 12.1 Å². The molecule has 0 unspecified atom stereocenters. The Labute approximate surface area is 139 Å². The number of benzene rings is 1. The second-order valence-electron chi connectivity index (χ2n) is 4.62. The monoisotopic (exact) mass is 358 g/mol. The minimum Gasteiger partial charge on any atom is -0.466 e. The topological polar surface area (TPSA) is 68.3 Å². The molecular weight excluding hydrogens is 345 g/mol. The minimum absolute atomic E-state index is 0.0701. The Balaban J connectivity index is 2.11. The normalized spacial score (nSPS) is 11.2. The van der Waals surface area contributed by atoms with Crippen molar-refractivity contribution < 1.29 is 27.5 Å². The zero-order valence-corrected chi connectivity index (χ0v) is 13.3. The van der Waals surface area contributed by atoms with Crippen LogP contribution in [0.25, 0.3) is 0 Å². The molecule has 128 valence electrons. The van der Waals surface area contributed by atoms with E-state index in [1.54, 1.807) is 6.92 Å². The Morgan fingerprint density at radius 2 is 2.00 bits per heavy atom. The third-order valence-corrected chi connectivity index (χ3v) is 3.69. The van der Waals surface area contributed by atoms with E-state index in [1.165, 1.54) is 17.5 Å². The molecule has 0 saturated heterocycles. The summed E-state index contributed by atoms with van der Waals surface area (Å²) in [6.07, 6.45) is -4.70. The SMILES string of the molecule is CCOC(=O)Cc1csc(NC(=O)c2ccccc2C(F)(F)F)n1. The van der Waals surface area contributed by atoms with Crippen LogP contribution in [0.2, 0.25) is 0 Å². The molecule has 1 aromatic heterocycles. The predicted octanol–water partition coefficient (Wildman–Crippen LogP) is 3.52. The van der Waals surface area contributed by atoms with Crippen LogP contribution >= 0.6 is 11.3 Å². The van der Waals surface area contributed by atoms with Gasteiger partial charge in [-0.2, -0.15) is 13.2 Å². The molecule has 0 aliphatic heterocycles. The number of carbonyl (C=O) groups excluding carboxylic acids is 2. The molecule has 0 radical (unpaired) electrons. The first-order valence-corrected chi connectivity index (χ1v) is 7.76. The van der Waals surface area contributed by atoms with Crippen LogP contribution in [-0.4, -0.2) is 23.5 Å². The molecule has 2 aromatic rings. The van der Waals surface area contributed by atoms with E-state index in [2.05, 4.69) is 10.3 Å². The van der Waals surface area contributed by atoms with Crippen molar-refractivity contribution in [3.63, 3.8) is 0 Å². The van der Waals surface area contributed by atoms with Crippen LogP contribution in [0.4, 0.5) is 18.3 Å². The largest absolute Gasteiger partial charge is 0.466 e. The summed E-state index contributed by atoms with van der Waals surface area (Å²) < 4.78 is 43.5. The van der Waals surface area contributed by atoms with Crippen LogP contribution in [0.15, 0.2) is 29.6 Å². The van der Waals surface area contributed by atoms with Crippen molar-refractivity contribution in [2.24, 2.45) is 0 Å². The first-order valence-electron chi connectivity index (χ1n) is 6.89. The van der Waals surface area contributed by atoms with Crippen molar-refractivity contribution in [1.29, 1.82) is 0 Å². The fraction of sp³-hybridized carbons (Fsp3) is 0.267. The van der Waals surface area contributed by atoms with Gasteiger partial charge in [0, 0.05) is 5.38 Å². The van der Waals surface area contributed by atoms with E-state index >= 15 is 0 Å². The van der Waals surface area contributed by atoms with E-state index in [4.69, 9.17) is 4.74 Å². The molecule has 0 saturated carbocycles. The van der Waals surface area contributed by atoms with E-state index < -0.39 is 29.2 Å². The van der Waals surface area contributed by atoms with Crippen LogP contribution < -0.4 is 5.32 Å². The lowest BCUT2D eigenvalue weighted by Gasteiger charge is -2.11. The second kappa shape index (κ2) is 7.43. The van der Waals surface area contributed by atoms with Crippen molar-refractivity contribution in [2.45, 2.75) is 19.5 Å². The van der Waals surface area contributed by atoms with Crippen LogP contribution in [-0.2, 0) is 22.1 Å². The molecule has 24 heavy (non-hydrogen) atoms. The van der Waals surface area contributed by atoms with Crippen molar-refractivity contribution in [1.82, 2.24) is 4.98 Å². The first kappa shape index (κ1) is 17.9. The van der Waals surface area contributed by atoms with Crippen molar-refractivity contribution in [3.05, 3.63) is 46.5 Å². The fourth-order valence-corrected chi connectivity index (χ4v) is 2.60.